The molecule has 0 spiro atoms. The topological polar surface area (TPSA) is 44.5 Å². The number of ether oxygens (including phenoxy) is 2. The van der Waals surface area contributed by atoms with Crippen LogP contribution in [0.3, 0.4) is 0 Å². The van der Waals surface area contributed by atoms with E-state index < -0.39 is 5.72 Å². The van der Waals surface area contributed by atoms with Gasteiger partial charge in [0.25, 0.3) is 0 Å². The van der Waals surface area contributed by atoms with E-state index in [4.69, 9.17) is 15.2 Å². The predicted molar refractivity (Wildman–Crippen MR) is 68.9 cm³/mol. The van der Waals surface area contributed by atoms with E-state index in [0.29, 0.717) is 19.6 Å². The third kappa shape index (κ3) is 2.68. The number of fused-ring (bicyclic) bond motifs is 1. The molecule has 1 aromatic carbocycles. The van der Waals surface area contributed by atoms with E-state index in [2.05, 4.69) is 6.07 Å². The number of benzene rings is 1. The predicted octanol–water partition coefficient (Wildman–Crippen LogP) is 2.35. The minimum Gasteiger partial charge on any atom is -0.494 e. The quantitative estimate of drug-likeness (QED) is 0.812. The third-order valence-electron chi connectivity index (χ3n) is 2.85. The monoisotopic (exact) mass is 233 g/mol. The second-order valence-electron chi connectivity index (χ2n) is 4.19. The molecule has 1 aromatic rings. The van der Waals surface area contributed by atoms with Gasteiger partial charge in [0, 0.05) is 13.0 Å². The molecule has 0 heterocycles. The number of hydrogen-bond acceptors (Lipinski definition) is 3. The molecule has 0 fully saturated rings. The fraction of sp³-hybridized carbons (Fsp3) is 0.429. The first-order valence-electron chi connectivity index (χ1n) is 6.04. The van der Waals surface area contributed by atoms with Crippen molar-refractivity contribution in [3.63, 3.8) is 0 Å². The standard InChI is InChI=1S/C14H19NO2/c1-3-16-13-6-5-12-10-14(15,17-4-2)8-7-11(12)9-13/h5-9H,3-4,10,15H2,1-2H3. The van der Waals surface area contributed by atoms with E-state index in [1.807, 2.05) is 38.1 Å². The number of rotatable bonds is 4. The Hall–Kier alpha value is -1.32. The minimum absolute atomic E-state index is 0.618. The smallest absolute Gasteiger partial charge is 0.140 e. The van der Waals surface area contributed by atoms with Crippen LogP contribution in [0.15, 0.2) is 24.3 Å². The van der Waals surface area contributed by atoms with Crippen molar-refractivity contribution in [2.45, 2.75) is 26.0 Å². The Morgan fingerprint density at radius 1 is 1.29 bits per heavy atom. The van der Waals surface area contributed by atoms with Crippen LogP contribution in [0.1, 0.15) is 25.0 Å². The maximum absolute atomic E-state index is 6.14. The Balaban J connectivity index is 2.23. The van der Waals surface area contributed by atoms with Gasteiger partial charge in [0.05, 0.1) is 6.61 Å². The zero-order valence-electron chi connectivity index (χ0n) is 10.4. The van der Waals surface area contributed by atoms with E-state index in [9.17, 15) is 0 Å². The molecule has 0 aromatic heterocycles. The molecule has 0 saturated carbocycles. The Morgan fingerprint density at radius 3 is 2.82 bits per heavy atom. The normalized spacial score (nSPS) is 22.3. The van der Waals surface area contributed by atoms with Gasteiger partial charge in [-0.3, -0.25) is 5.73 Å². The van der Waals surface area contributed by atoms with Gasteiger partial charge >= 0.3 is 0 Å². The van der Waals surface area contributed by atoms with Crippen molar-refractivity contribution in [3.8, 4) is 5.75 Å². The Morgan fingerprint density at radius 2 is 2.12 bits per heavy atom. The molecule has 17 heavy (non-hydrogen) atoms. The first kappa shape index (κ1) is 12.1. The van der Waals surface area contributed by atoms with E-state index in [-0.39, 0.29) is 0 Å². The molecule has 3 nitrogen and oxygen atoms in total. The molecule has 0 bridgehead atoms. The average molecular weight is 233 g/mol. The minimum atomic E-state index is -0.658. The molecule has 1 unspecified atom stereocenters. The van der Waals surface area contributed by atoms with Crippen molar-refractivity contribution < 1.29 is 9.47 Å². The lowest BCUT2D eigenvalue weighted by atomic mass is 9.92. The van der Waals surface area contributed by atoms with E-state index >= 15 is 0 Å². The molecule has 0 amide bonds. The molecule has 92 valence electrons. The Kier molecular flexibility index (Phi) is 3.50. The number of nitrogens with two attached hydrogens (primary N) is 1. The van der Waals surface area contributed by atoms with Crippen molar-refractivity contribution in [1.29, 1.82) is 0 Å². The zero-order valence-corrected chi connectivity index (χ0v) is 10.4. The van der Waals surface area contributed by atoms with Crippen LogP contribution in [0.25, 0.3) is 6.08 Å². The summed E-state index contributed by atoms with van der Waals surface area (Å²) in [6, 6.07) is 6.08. The van der Waals surface area contributed by atoms with E-state index in [1.165, 1.54) is 5.56 Å². The summed E-state index contributed by atoms with van der Waals surface area (Å²) in [5.41, 5.74) is 7.85. The summed E-state index contributed by atoms with van der Waals surface area (Å²) in [5, 5.41) is 0. The van der Waals surface area contributed by atoms with Crippen LogP contribution in [0.5, 0.6) is 5.75 Å². The van der Waals surface area contributed by atoms with Crippen LogP contribution in [0, 0.1) is 0 Å². The van der Waals surface area contributed by atoms with Gasteiger partial charge in [-0.25, -0.2) is 0 Å². The van der Waals surface area contributed by atoms with Gasteiger partial charge in [0.2, 0.25) is 0 Å². The summed E-state index contributed by atoms with van der Waals surface area (Å²) in [7, 11) is 0. The molecule has 3 heteroatoms. The molecule has 1 aliphatic carbocycles. The van der Waals surface area contributed by atoms with E-state index in [1.54, 1.807) is 0 Å². The van der Waals surface area contributed by atoms with Gasteiger partial charge in [-0.2, -0.15) is 0 Å². The molecule has 1 atom stereocenters. The third-order valence-corrected chi connectivity index (χ3v) is 2.85. The average Bonchev–Trinajstić information content (AvgIpc) is 2.30. The van der Waals surface area contributed by atoms with Crippen molar-refractivity contribution in [2.24, 2.45) is 5.73 Å². The van der Waals surface area contributed by atoms with E-state index in [0.717, 1.165) is 11.3 Å². The highest BCUT2D eigenvalue weighted by atomic mass is 16.5. The van der Waals surface area contributed by atoms with Crippen molar-refractivity contribution >= 4 is 6.08 Å². The van der Waals surface area contributed by atoms with Gasteiger partial charge in [-0.15, -0.1) is 0 Å². The summed E-state index contributed by atoms with van der Waals surface area (Å²) >= 11 is 0. The summed E-state index contributed by atoms with van der Waals surface area (Å²) in [6.45, 7) is 5.24. The summed E-state index contributed by atoms with van der Waals surface area (Å²) < 4.78 is 11.0. The maximum Gasteiger partial charge on any atom is 0.140 e. The molecule has 0 saturated heterocycles. The van der Waals surface area contributed by atoms with Crippen molar-refractivity contribution in [2.75, 3.05) is 13.2 Å². The lowest BCUT2D eigenvalue weighted by Crippen LogP contribution is -2.44. The molecular formula is C14H19NO2. The molecule has 0 radical (unpaired) electrons. The zero-order chi connectivity index (χ0) is 12.3. The first-order chi connectivity index (χ1) is 8.17. The Bertz CT molecular complexity index is 428. The molecule has 2 rings (SSSR count). The van der Waals surface area contributed by atoms with Gasteiger partial charge in [0.15, 0.2) is 0 Å². The summed E-state index contributed by atoms with van der Waals surface area (Å²) in [6.07, 6.45) is 4.64. The second kappa shape index (κ2) is 4.90. The van der Waals surface area contributed by atoms with Crippen LogP contribution in [0.4, 0.5) is 0 Å². The SMILES string of the molecule is CCOc1ccc2c(c1)C=CC(N)(OCC)C2. The van der Waals surface area contributed by atoms with Gasteiger partial charge in [0.1, 0.15) is 11.5 Å². The number of hydrogen-bond donors (Lipinski definition) is 1. The van der Waals surface area contributed by atoms with Crippen LogP contribution in [-0.2, 0) is 11.2 Å². The van der Waals surface area contributed by atoms with Crippen molar-refractivity contribution in [3.05, 3.63) is 35.4 Å². The Labute approximate surface area is 102 Å². The maximum atomic E-state index is 6.14. The lowest BCUT2D eigenvalue weighted by Gasteiger charge is -2.30. The van der Waals surface area contributed by atoms with Crippen LogP contribution in [-0.4, -0.2) is 18.9 Å². The second-order valence-corrected chi connectivity index (χ2v) is 4.19. The van der Waals surface area contributed by atoms with Crippen LogP contribution in [0.2, 0.25) is 0 Å². The summed E-state index contributed by atoms with van der Waals surface area (Å²) in [4.78, 5) is 0. The van der Waals surface area contributed by atoms with Gasteiger partial charge < -0.3 is 9.47 Å². The van der Waals surface area contributed by atoms with Crippen LogP contribution < -0.4 is 10.5 Å². The molecule has 2 N–H and O–H groups in total. The van der Waals surface area contributed by atoms with Crippen molar-refractivity contribution in [1.82, 2.24) is 0 Å². The van der Waals surface area contributed by atoms with Crippen LogP contribution >= 0.6 is 0 Å². The first-order valence-corrected chi connectivity index (χ1v) is 6.04. The highest BCUT2D eigenvalue weighted by Crippen LogP contribution is 2.28. The molecular weight excluding hydrogens is 214 g/mol. The lowest BCUT2D eigenvalue weighted by molar-refractivity contribution is 0.00405. The summed E-state index contributed by atoms with van der Waals surface area (Å²) in [5.74, 6) is 0.900. The van der Waals surface area contributed by atoms with Gasteiger partial charge in [-0.05, 0) is 43.2 Å². The molecule has 1 aliphatic rings. The molecule has 0 aliphatic heterocycles. The fourth-order valence-corrected chi connectivity index (χ4v) is 2.10. The highest BCUT2D eigenvalue weighted by Gasteiger charge is 2.26. The highest BCUT2D eigenvalue weighted by molar-refractivity contribution is 5.60. The van der Waals surface area contributed by atoms with Gasteiger partial charge in [-0.1, -0.05) is 12.1 Å². The largest absolute Gasteiger partial charge is 0.494 e. The fourth-order valence-electron chi connectivity index (χ4n) is 2.10.